The summed E-state index contributed by atoms with van der Waals surface area (Å²) in [6.45, 7) is 1.91. The fourth-order valence-electron chi connectivity index (χ4n) is 8.78. The Labute approximate surface area is 290 Å². The topological polar surface area (TPSA) is 116 Å². The van der Waals surface area contributed by atoms with E-state index in [1.165, 1.54) is 9.80 Å². The van der Waals surface area contributed by atoms with E-state index < -0.39 is 35.0 Å². The molecule has 2 N–H and O–H groups in total. The molecule has 0 radical (unpaired) electrons. The van der Waals surface area contributed by atoms with E-state index in [0.717, 1.165) is 22.5 Å². The summed E-state index contributed by atoms with van der Waals surface area (Å²) >= 11 is 0. The van der Waals surface area contributed by atoms with Gasteiger partial charge in [0.15, 0.2) is 0 Å². The number of hydrogen-bond donors (Lipinski definition) is 2. The van der Waals surface area contributed by atoms with E-state index in [0.29, 0.717) is 30.0 Å². The van der Waals surface area contributed by atoms with E-state index in [4.69, 9.17) is 4.74 Å². The molecule has 9 nitrogen and oxygen atoms in total. The van der Waals surface area contributed by atoms with Crippen LogP contribution in [-0.2, 0) is 19.2 Å². The summed E-state index contributed by atoms with van der Waals surface area (Å²) in [7, 11) is 0. The van der Waals surface area contributed by atoms with Gasteiger partial charge >= 0.3 is 0 Å². The Morgan fingerprint density at radius 2 is 1.38 bits per heavy atom. The molecule has 0 spiro atoms. The van der Waals surface area contributed by atoms with Gasteiger partial charge in [-0.25, -0.2) is 4.90 Å². The highest BCUT2D eigenvalue weighted by Crippen LogP contribution is 2.63. The second-order valence-corrected chi connectivity index (χ2v) is 13.7. The molecule has 2 aliphatic carbocycles. The number of benzene rings is 4. The van der Waals surface area contributed by atoms with Gasteiger partial charge in [-0.1, -0.05) is 60.2 Å². The molecule has 1 saturated carbocycles. The number of carbonyl (C=O) groups excluding carboxylic acids is 4. The van der Waals surface area contributed by atoms with Crippen molar-refractivity contribution >= 4 is 46.4 Å². The summed E-state index contributed by atoms with van der Waals surface area (Å²) in [4.78, 5) is 60.0. The van der Waals surface area contributed by atoms with Gasteiger partial charge in [-0.05, 0) is 91.9 Å². The molecule has 252 valence electrons. The number of nitrogens with one attached hydrogen (secondary N) is 1. The molecule has 4 amide bonds. The molecule has 4 aromatic carbocycles. The molecule has 3 fully saturated rings. The molecule has 2 heterocycles. The fourth-order valence-corrected chi connectivity index (χ4v) is 8.78. The largest absolute Gasteiger partial charge is 0.491 e. The van der Waals surface area contributed by atoms with Crippen LogP contribution in [-0.4, -0.2) is 41.9 Å². The van der Waals surface area contributed by atoms with Gasteiger partial charge in [-0.3, -0.25) is 24.1 Å². The summed E-state index contributed by atoms with van der Waals surface area (Å²) in [6, 6.07) is 33.4. The Hall–Kier alpha value is -5.54. The number of hydrogen-bond acceptors (Lipinski definition) is 7. The molecule has 2 saturated heterocycles. The van der Waals surface area contributed by atoms with Crippen LogP contribution in [0.1, 0.15) is 31.2 Å². The van der Waals surface area contributed by atoms with Crippen LogP contribution in [0.3, 0.4) is 0 Å². The highest BCUT2D eigenvalue weighted by molar-refractivity contribution is 6.25. The Balaban J connectivity index is 1.16. The number of aliphatic hydroxyl groups is 1. The Morgan fingerprint density at radius 1 is 0.740 bits per heavy atom. The standard InChI is InChI=1S/C41H37N3O6/c1-41-34(38(47)44(40(41)49)28-10-6-3-7-11-28)24-33-31(36(41)25-12-18-30(19-13-25)50-23-22-45)20-21-32-35(33)39(48)43(37(32)46)29-16-14-27(15-17-29)42-26-8-4-2-5-9-26/h2-20,32-36,42,45H,21-24H2,1H3. The molecular weight excluding hydrogens is 630 g/mol. The third kappa shape index (κ3) is 4.95. The molecule has 0 aromatic heterocycles. The van der Waals surface area contributed by atoms with E-state index in [2.05, 4.69) is 11.4 Å². The van der Waals surface area contributed by atoms with Gasteiger partial charge in [-0.2, -0.15) is 0 Å². The van der Waals surface area contributed by atoms with Crippen molar-refractivity contribution in [2.24, 2.45) is 29.1 Å². The van der Waals surface area contributed by atoms with Crippen molar-refractivity contribution in [1.29, 1.82) is 0 Å². The first-order valence-corrected chi connectivity index (χ1v) is 17.1. The zero-order chi connectivity index (χ0) is 34.6. The monoisotopic (exact) mass is 667 g/mol. The van der Waals surface area contributed by atoms with Crippen LogP contribution in [0.25, 0.3) is 0 Å². The molecule has 9 heteroatoms. The summed E-state index contributed by atoms with van der Waals surface area (Å²) < 4.78 is 5.62. The number of para-hydroxylation sites is 2. The minimum atomic E-state index is -1.12. The third-order valence-corrected chi connectivity index (χ3v) is 11.1. The normalized spacial score (nSPS) is 27.1. The van der Waals surface area contributed by atoms with Gasteiger partial charge in [0, 0.05) is 17.3 Å². The Bertz CT molecular complexity index is 2000. The van der Waals surface area contributed by atoms with Gasteiger partial charge in [0.1, 0.15) is 12.4 Å². The molecule has 50 heavy (non-hydrogen) atoms. The molecule has 6 atom stereocenters. The van der Waals surface area contributed by atoms with Crippen molar-refractivity contribution < 1.29 is 29.0 Å². The first kappa shape index (κ1) is 31.7. The predicted molar refractivity (Wildman–Crippen MR) is 189 cm³/mol. The van der Waals surface area contributed by atoms with Crippen LogP contribution in [0.4, 0.5) is 22.7 Å². The summed E-state index contributed by atoms with van der Waals surface area (Å²) in [5.74, 6) is -3.33. The summed E-state index contributed by atoms with van der Waals surface area (Å²) in [5, 5.41) is 12.6. The van der Waals surface area contributed by atoms with Crippen LogP contribution in [0, 0.1) is 29.1 Å². The average Bonchev–Trinajstić information content (AvgIpc) is 3.51. The molecule has 6 unspecified atom stereocenters. The van der Waals surface area contributed by atoms with Crippen molar-refractivity contribution in [2.45, 2.75) is 25.7 Å². The van der Waals surface area contributed by atoms with Crippen LogP contribution in [0.5, 0.6) is 5.75 Å². The predicted octanol–water partition coefficient (Wildman–Crippen LogP) is 6.24. The van der Waals surface area contributed by atoms with Gasteiger partial charge in [0.05, 0.1) is 41.2 Å². The number of anilines is 4. The smallest absolute Gasteiger partial charge is 0.241 e. The van der Waals surface area contributed by atoms with E-state index in [-0.39, 0.29) is 36.8 Å². The number of nitrogens with zero attached hydrogens (tertiary/aromatic N) is 2. The minimum Gasteiger partial charge on any atom is -0.491 e. The number of aliphatic hydroxyl groups excluding tert-OH is 1. The summed E-state index contributed by atoms with van der Waals surface area (Å²) in [5.41, 5.74) is 3.41. The van der Waals surface area contributed by atoms with Crippen LogP contribution >= 0.6 is 0 Å². The Kier molecular flexibility index (Phi) is 7.87. The van der Waals surface area contributed by atoms with Crippen molar-refractivity contribution in [3.63, 3.8) is 0 Å². The van der Waals surface area contributed by atoms with Crippen LogP contribution in [0.2, 0.25) is 0 Å². The molecule has 4 aromatic rings. The van der Waals surface area contributed by atoms with Crippen LogP contribution < -0.4 is 19.9 Å². The Morgan fingerprint density at radius 3 is 2.06 bits per heavy atom. The van der Waals surface area contributed by atoms with Crippen molar-refractivity contribution in [1.82, 2.24) is 0 Å². The second kappa shape index (κ2) is 12.4. The maximum Gasteiger partial charge on any atom is 0.241 e. The minimum absolute atomic E-state index is 0.119. The number of rotatable bonds is 8. The molecule has 0 bridgehead atoms. The zero-order valence-electron chi connectivity index (χ0n) is 27.6. The SMILES string of the molecule is CC12C(=O)N(c3ccccc3)C(=O)C1CC1C(=CCC3C(=O)N(c4ccc(Nc5ccccc5)cc4)C(=O)C31)C2c1ccc(OCCO)cc1. The number of carbonyl (C=O) groups is 4. The van der Waals surface area contributed by atoms with E-state index in [1.807, 2.05) is 67.6 Å². The molecule has 8 rings (SSSR count). The zero-order valence-corrected chi connectivity index (χ0v) is 27.6. The molecule has 4 aliphatic rings. The van der Waals surface area contributed by atoms with Gasteiger partial charge in [0.25, 0.3) is 0 Å². The number of fused-ring (bicyclic) bond motifs is 4. The maximum atomic E-state index is 14.6. The van der Waals surface area contributed by atoms with Crippen LogP contribution in [0.15, 0.2) is 121 Å². The number of allylic oxidation sites excluding steroid dienone is 2. The lowest BCUT2D eigenvalue weighted by Gasteiger charge is -2.49. The maximum absolute atomic E-state index is 14.6. The van der Waals surface area contributed by atoms with Crippen molar-refractivity contribution in [2.75, 3.05) is 28.3 Å². The molecule has 2 aliphatic heterocycles. The van der Waals surface area contributed by atoms with E-state index in [9.17, 15) is 24.3 Å². The van der Waals surface area contributed by atoms with Crippen molar-refractivity contribution in [3.8, 4) is 5.75 Å². The van der Waals surface area contributed by atoms with E-state index >= 15 is 0 Å². The quantitative estimate of drug-likeness (QED) is 0.169. The average molecular weight is 668 g/mol. The fraction of sp³-hybridized carbons (Fsp3) is 0.268. The number of ether oxygens (including phenoxy) is 1. The van der Waals surface area contributed by atoms with Gasteiger partial charge < -0.3 is 15.2 Å². The van der Waals surface area contributed by atoms with E-state index in [1.54, 1.807) is 48.5 Å². The molecular formula is C41H37N3O6. The van der Waals surface area contributed by atoms with Gasteiger partial charge in [-0.15, -0.1) is 0 Å². The lowest BCUT2D eigenvalue weighted by molar-refractivity contribution is -0.131. The third-order valence-electron chi connectivity index (χ3n) is 11.1. The second-order valence-electron chi connectivity index (χ2n) is 13.7. The highest BCUT2D eigenvalue weighted by atomic mass is 16.5. The number of amides is 4. The lowest BCUT2D eigenvalue weighted by atomic mass is 9.51. The number of imide groups is 2. The van der Waals surface area contributed by atoms with Gasteiger partial charge in [0.2, 0.25) is 23.6 Å². The first-order valence-electron chi connectivity index (χ1n) is 17.1. The first-order chi connectivity index (χ1) is 24.3. The van der Waals surface area contributed by atoms with Crippen molar-refractivity contribution in [3.05, 3.63) is 126 Å². The highest BCUT2D eigenvalue weighted by Gasteiger charge is 2.67. The summed E-state index contributed by atoms with van der Waals surface area (Å²) in [6.07, 6.45) is 2.71. The lowest BCUT2D eigenvalue weighted by Crippen LogP contribution is -2.48.